The molecule has 1 aliphatic rings. The molecule has 0 bridgehead atoms. The van der Waals surface area contributed by atoms with Crippen LogP contribution in [-0.4, -0.2) is 19.1 Å². The van der Waals surface area contributed by atoms with E-state index in [2.05, 4.69) is 41.8 Å². The quantitative estimate of drug-likeness (QED) is 0.800. The van der Waals surface area contributed by atoms with Gasteiger partial charge in [0.15, 0.2) is 0 Å². The Morgan fingerprint density at radius 3 is 2.28 bits per heavy atom. The predicted octanol–water partition coefficient (Wildman–Crippen LogP) is 4.07. The minimum absolute atomic E-state index is 0.0251. The summed E-state index contributed by atoms with van der Waals surface area (Å²) in [5.74, 6) is 1.37. The van der Waals surface area contributed by atoms with E-state index in [1.165, 1.54) is 24.0 Å². The first kappa shape index (κ1) is 17.5. The zero-order valence-electron chi connectivity index (χ0n) is 15.1. The second-order valence-electron chi connectivity index (χ2n) is 6.83. The molecule has 132 valence electrons. The van der Waals surface area contributed by atoms with Crippen molar-refractivity contribution in [1.29, 1.82) is 0 Å². The highest BCUT2D eigenvalue weighted by molar-refractivity contribution is 5.94. The average Bonchev–Trinajstić information content (AvgIpc) is 3.46. The number of ether oxygens (including phenoxy) is 1. The average molecular weight is 338 g/mol. The molecule has 1 saturated carbocycles. The van der Waals surface area contributed by atoms with Crippen LogP contribution in [0.4, 0.5) is 5.69 Å². The first-order valence-corrected chi connectivity index (χ1v) is 8.84. The fourth-order valence-electron chi connectivity index (χ4n) is 2.98. The van der Waals surface area contributed by atoms with Crippen LogP contribution in [0, 0.1) is 12.8 Å². The number of anilines is 1. The number of amides is 1. The van der Waals surface area contributed by atoms with Gasteiger partial charge in [-0.05, 0) is 62.4 Å². The Hall–Kier alpha value is -2.33. The van der Waals surface area contributed by atoms with Gasteiger partial charge in [-0.15, -0.1) is 0 Å². The van der Waals surface area contributed by atoms with Crippen molar-refractivity contribution >= 4 is 11.6 Å². The van der Waals surface area contributed by atoms with E-state index in [1.54, 1.807) is 7.11 Å². The van der Waals surface area contributed by atoms with Gasteiger partial charge in [-0.3, -0.25) is 10.1 Å². The monoisotopic (exact) mass is 338 g/mol. The normalized spacial score (nSPS) is 16.1. The zero-order valence-corrected chi connectivity index (χ0v) is 15.1. The van der Waals surface area contributed by atoms with E-state index in [1.807, 2.05) is 31.2 Å². The number of aryl methyl sites for hydroxylation is 1. The number of hydrogen-bond acceptors (Lipinski definition) is 3. The Balaban J connectivity index is 1.63. The van der Waals surface area contributed by atoms with Crippen LogP contribution in [0.2, 0.25) is 0 Å². The maximum atomic E-state index is 12.5. The van der Waals surface area contributed by atoms with Crippen molar-refractivity contribution < 1.29 is 9.53 Å². The smallest absolute Gasteiger partial charge is 0.241 e. The van der Waals surface area contributed by atoms with Gasteiger partial charge in [-0.25, -0.2) is 0 Å². The molecule has 0 radical (unpaired) electrons. The Labute approximate surface area is 149 Å². The fourth-order valence-corrected chi connectivity index (χ4v) is 2.98. The van der Waals surface area contributed by atoms with Gasteiger partial charge in [0.25, 0.3) is 0 Å². The fraction of sp³-hybridized carbons (Fsp3) is 0.381. The van der Waals surface area contributed by atoms with E-state index in [4.69, 9.17) is 4.74 Å². The summed E-state index contributed by atoms with van der Waals surface area (Å²) >= 11 is 0. The highest BCUT2D eigenvalue weighted by Crippen LogP contribution is 2.41. The van der Waals surface area contributed by atoms with Crippen LogP contribution in [0.1, 0.15) is 36.9 Å². The third-order valence-corrected chi connectivity index (χ3v) is 4.71. The van der Waals surface area contributed by atoms with Crippen molar-refractivity contribution in [1.82, 2.24) is 5.32 Å². The SMILES string of the molecule is COc1ccc(NC(=O)[C@H](C)N[C@@H](c2ccc(C)cc2)C2CC2)cc1. The number of carbonyl (C=O) groups excluding carboxylic acids is 1. The van der Waals surface area contributed by atoms with Gasteiger partial charge < -0.3 is 10.1 Å². The Bertz CT molecular complexity index is 706. The molecule has 1 aliphatic carbocycles. The summed E-state index contributed by atoms with van der Waals surface area (Å²) in [7, 11) is 1.63. The summed E-state index contributed by atoms with van der Waals surface area (Å²) in [6.07, 6.45) is 2.44. The van der Waals surface area contributed by atoms with Gasteiger partial charge in [0.1, 0.15) is 5.75 Å². The molecular weight excluding hydrogens is 312 g/mol. The van der Waals surface area contributed by atoms with Gasteiger partial charge in [-0.1, -0.05) is 29.8 Å². The molecule has 3 rings (SSSR count). The maximum Gasteiger partial charge on any atom is 0.241 e. The molecule has 4 heteroatoms. The zero-order chi connectivity index (χ0) is 17.8. The summed E-state index contributed by atoms with van der Waals surface area (Å²) in [5, 5.41) is 6.48. The van der Waals surface area contributed by atoms with E-state index < -0.39 is 0 Å². The van der Waals surface area contributed by atoms with Gasteiger partial charge in [0.05, 0.1) is 13.2 Å². The van der Waals surface area contributed by atoms with E-state index >= 15 is 0 Å². The van der Waals surface area contributed by atoms with Crippen molar-refractivity contribution in [2.24, 2.45) is 5.92 Å². The standard InChI is InChI=1S/C21H26N2O2/c1-14-4-6-16(7-5-14)20(17-8-9-17)22-15(2)21(24)23-18-10-12-19(25-3)13-11-18/h4-7,10-13,15,17,20,22H,8-9H2,1-3H3,(H,23,24)/t15-,20-/m0/s1. The number of rotatable bonds is 7. The third kappa shape index (κ3) is 4.60. The Morgan fingerprint density at radius 2 is 1.72 bits per heavy atom. The molecule has 2 aromatic rings. The number of carbonyl (C=O) groups is 1. The van der Waals surface area contributed by atoms with E-state index in [0.29, 0.717) is 5.92 Å². The highest BCUT2D eigenvalue weighted by atomic mass is 16.5. The Kier molecular flexibility index (Phi) is 5.39. The molecule has 1 amide bonds. The van der Waals surface area contributed by atoms with Gasteiger partial charge >= 0.3 is 0 Å². The van der Waals surface area contributed by atoms with Crippen molar-refractivity contribution in [3.63, 3.8) is 0 Å². The summed E-state index contributed by atoms with van der Waals surface area (Å²) in [4.78, 5) is 12.5. The first-order chi connectivity index (χ1) is 12.1. The summed E-state index contributed by atoms with van der Waals surface area (Å²) < 4.78 is 5.14. The van der Waals surface area contributed by atoms with Crippen molar-refractivity contribution in [2.45, 2.75) is 38.8 Å². The summed E-state index contributed by atoms with van der Waals surface area (Å²) in [6.45, 7) is 4.01. The minimum atomic E-state index is -0.269. The topological polar surface area (TPSA) is 50.4 Å². The minimum Gasteiger partial charge on any atom is -0.497 e. The van der Waals surface area contributed by atoms with E-state index in [-0.39, 0.29) is 18.0 Å². The van der Waals surface area contributed by atoms with Crippen LogP contribution < -0.4 is 15.4 Å². The maximum absolute atomic E-state index is 12.5. The van der Waals surface area contributed by atoms with Crippen molar-refractivity contribution in [2.75, 3.05) is 12.4 Å². The van der Waals surface area contributed by atoms with Gasteiger partial charge in [0.2, 0.25) is 5.91 Å². The molecule has 2 aromatic carbocycles. The predicted molar refractivity (Wildman–Crippen MR) is 101 cm³/mol. The van der Waals surface area contributed by atoms with Crippen LogP contribution in [0.25, 0.3) is 0 Å². The molecule has 0 heterocycles. The molecule has 0 unspecified atom stereocenters. The number of hydrogen-bond donors (Lipinski definition) is 2. The van der Waals surface area contributed by atoms with Crippen molar-refractivity contribution in [3.05, 3.63) is 59.7 Å². The van der Waals surface area contributed by atoms with E-state index in [0.717, 1.165) is 11.4 Å². The summed E-state index contributed by atoms with van der Waals surface area (Å²) in [6, 6.07) is 15.9. The second-order valence-corrected chi connectivity index (χ2v) is 6.83. The first-order valence-electron chi connectivity index (χ1n) is 8.84. The lowest BCUT2D eigenvalue weighted by Gasteiger charge is -2.23. The Morgan fingerprint density at radius 1 is 1.08 bits per heavy atom. The number of benzene rings is 2. The van der Waals surface area contributed by atoms with Crippen molar-refractivity contribution in [3.8, 4) is 5.75 Å². The third-order valence-electron chi connectivity index (χ3n) is 4.71. The lowest BCUT2D eigenvalue weighted by atomic mass is 10.00. The number of methoxy groups -OCH3 is 1. The lowest BCUT2D eigenvalue weighted by Crippen LogP contribution is -2.40. The largest absolute Gasteiger partial charge is 0.497 e. The van der Waals surface area contributed by atoms with Crippen LogP contribution in [-0.2, 0) is 4.79 Å². The molecule has 0 aromatic heterocycles. The molecule has 4 nitrogen and oxygen atoms in total. The van der Waals surface area contributed by atoms with Crippen LogP contribution in [0.5, 0.6) is 5.75 Å². The van der Waals surface area contributed by atoms with Crippen LogP contribution >= 0.6 is 0 Å². The van der Waals surface area contributed by atoms with Gasteiger partial charge in [0, 0.05) is 11.7 Å². The van der Waals surface area contributed by atoms with Gasteiger partial charge in [-0.2, -0.15) is 0 Å². The van der Waals surface area contributed by atoms with Crippen LogP contribution in [0.3, 0.4) is 0 Å². The second kappa shape index (κ2) is 7.70. The molecule has 2 N–H and O–H groups in total. The molecule has 0 saturated heterocycles. The highest BCUT2D eigenvalue weighted by Gasteiger charge is 2.34. The molecule has 0 aliphatic heterocycles. The van der Waals surface area contributed by atoms with Crippen LogP contribution in [0.15, 0.2) is 48.5 Å². The lowest BCUT2D eigenvalue weighted by molar-refractivity contribution is -0.118. The summed E-state index contributed by atoms with van der Waals surface area (Å²) in [5.41, 5.74) is 3.29. The van der Waals surface area contributed by atoms with E-state index in [9.17, 15) is 4.79 Å². The molecular formula is C21H26N2O2. The molecule has 25 heavy (non-hydrogen) atoms. The molecule has 1 fully saturated rings. The molecule has 0 spiro atoms. The number of nitrogens with one attached hydrogen (secondary N) is 2. The molecule has 2 atom stereocenters.